The quantitative estimate of drug-likeness (QED) is 0.873. The highest BCUT2D eigenvalue weighted by molar-refractivity contribution is 6.39. The van der Waals surface area contributed by atoms with Crippen molar-refractivity contribution in [3.05, 3.63) is 35.4 Å². The summed E-state index contributed by atoms with van der Waals surface area (Å²) in [5, 5.41) is 6.91. The molecule has 0 saturated carbocycles. The maximum atomic E-state index is 12.7. The van der Waals surface area contributed by atoms with Crippen LogP contribution in [-0.2, 0) is 14.4 Å². The lowest BCUT2D eigenvalue weighted by Gasteiger charge is -2.21. The molecule has 3 heterocycles. The highest BCUT2D eigenvalue weighted by Gasteiger charge is 2.48. The van der Waals surface area contributed by atoms with Gasteiger partial charge in [0.25, 0.3) is 11.8 Å². The largest absolute Gasteiger partial charge is 0.386 e. The maximum Gasteiger partial charge on any atom is 0.269 e. The van der Waals surface area contributed by atoms with Crippen molar-refractivity contribution in [3.63, 3.8) is 0 Å². The molecular formula is C20H25N3O4. The minimum atomic E-state index is -0.573. The number of hydrogen-bond donors (Lipinski definition) is 1. The van der Waals surface area contributed by atoms with Gasteiger partial charge < -0.3 is 19.8 Å². The van der Waals surface area contributed by atoms with Gasteiger partial charge in [-0.1, -0.05) is 22.9 Å². The zero-order valence-electron chi connectivity index (χ0n) is 15.6. The Morgan fingerprint density at radius 1 is 1.41 bits per heavy atom. The predicted octanol–water partition coefficient (Wildman–Crippen LogP) is 1.65. The van der Waals surface area contributed by atoms with Gasteiger partial charge in [0.2, 0.25) is 0 Å². The molecule has 0 radical (unpaired) electrons. The van der Waals surface area contributed by atoms with Crippen molar-refractivity contribution in [2.75, 3.05) is 26.2 Å². The van der Waals surface area contributed by atoms with E-state index in [-0.39, 0.29) is 17.9 Å². The van der Waals surface area contributed by atoms with Crippen molar-refractivity contribution in [3.8, 4) is 0 Å². The molecule has 4 rings (SSSR count). The molecule has 0 aliphatic carbocycles. The van der Waals surface area contributed by atoms with Crippen molar-refractivity contribution >= 4 is 17.5 Å². The third-order valence-electron chi connectivity index (χ3n) is 5.48. The molecular weight excluding hydrogens is 346 g/mol. The van der Waals surface area contributed by atoms with Crippen LogP contribution in [0.1, 0.15) is 41.6 Å². The molecule has 0 bridgehead atoms. The summed E-state index contributed by atoms with van der Waals surface area (Å²) in [6, 6.07) is 7.58. The summed E-state index contributed by atoms with van der Waals surface area (Å²) in [5.74, 6) is -0.207. The second-order valence-electron chi connectivity index (χ2n) is 7.68. The highest BCUT2D eigenvalue weighted by atomic mass is 16.7. The van der Waals surface area contributed by atoms with Gasteiger partial charge in [0.15, 0.2) is 5.60 Å². The minimum Gasteiger partial charge on any atom is -0.386 e. The Morgan fingerprint density at radius 2 is 2.30 bits per heavy atom. The number of carbonyl (C=O) groups excluding carboxylic acids is 2. The van der Waals surface area contributed by atoms with Crippen molar-refractivity contribution in [2.24, 2.45) is 5.16 Å². The number of likely N-dealkylation sites (tertiary alicyclic amines) is 1. The molecule has 2 fully saturated rings. The summed E-state index contributed by atoms with van der Waals surface area (Å²) in [5.41, 5.74) is 1.56. The molecule has 2 amide bonds. The average Bonchev–Trinajstić information content (AvgIpc) is 3.41. The molecule has 1 aromatic rings. The number of oxime groups is 1. The van der Waals surface area contributed by atoms with Gasteiger partial charge in [-0.15, -0.1) is 0 Å². The number of amides is 2. The normalized spacial score (nSPS) is 26.9. The first-order chi connectivity index (χ1) is 13.0. The molecule has 2 saturated heterocycles. The van der Waals surface area contributed by atoms with Crippen LogP contribution in [0.2, 0.25) is 0 Å². The van der Waals surface area contributed by atoms with Crippen LogP contribution in [0, 0.1) is 6.92 Å². The SMILES string of the molecule is Cc1cccc(C(=O)N2CCC3(CC(C(=O)NCC4CCCO4)=NO3)C2)c1. The lowest BCUT2D eigenvalue weighted by Crippen LogP contribution is -2.40. The van der Waals surface area contributed by atoms with Gasteiger partial charge in [-0.3, -0.25) is 9.59 Å². The van der Waals surface area contributed by atoms with Crippen LogP contribution in [0.4, 0.5) is 0 Å². The highest BCUT2D eigenvalue weighted by Crippen LogP contribution is 2.34. The van der Waals surface area contributed by atoms with Crippen molar-refractivity contribution in [1.29, 1.82) is 0 Å². The smallest absolute Gasteiger partial charge is 0.269 e. The Morgan fingerprint density at radius 3 is 3.07 bits per heavy atom. The molecule has 1 spiro atoms. The van der Waals surface area contributed by atoms with Gasteiger partial charge in [-0.25, -0.2) is 0 Å². The van der Waals surface area contributed by atoms with Gasteiger partial charge in [0.1, 0.15) is 5.71 Å². The van der Waals surface area contributed by atoms with Gasteiger partial charge in [0, 0.05) is 38.1 Å². The minimum absolute atomic E-state index is 0.00420. The second-order valence-corrected chi connectivity index (χ2v) is 7.68. The molecule has 0 aromatic heterocycles. The fraction of sp³-hybridized carbons (Fsp3) is 0.550. The van der Waals surface area contributed by atoms with E-state index in [2.05, 4.69) is 10.5 Å². The Kier molecular flexibility index (Phi) is 4.86. The van der Waals surface area contributed by atoms with Crippen molar-refractivity contribution in [1.82, 2.24) is 10.2 Å². The number of benzene rings is 1. The molecule has 1 N–H and O–H groups in total. The fourth-order valence-electron chi connectivity index (χ4n) is 3.95. The van der Waals surface area contributed by atoms with Gasteiger partial charge in [0.05, 0.1) is 12.6 Å². The first kappa shape index (κ1) is 18.0. The Hall–Kier alpha value is -2.41. The number of rotatable bonds is 4. The molecule has 27 heavy (non-hydrogen) atoms. The topological polar surface area (TPSA) is 80.2 Å². The van der Waals surface area contributed by atoms with Crippen molar-refractivity contribution in [2.45, 2.75) is 44.3 Å². The molecule has 1 aromatic carbocycles. The van der Waals surface area contributed by atoms with Crippen LogP contribution in [0.25, 0.3) is 0 Å². The molecule has 7 nitrogen and oxygen atoms in total. The molecule has 2 atom stereocenters. The van der Waals surface area contributed by atoms with E-state index in [1.165, 1.54) is 0 Å². The number of nitrogens with zero attached hydrogens (tertiary/aromatic N) is 2. The standard InChI is InChI=1S/C20H25N3O4/c1-14-4-2-5-15(10-14)19(25)23-8-7-20(13-23)11-17(22-27-20)18(24)21-12-16-6-3-9-26-16/h2,4-5,10,16H,3,6-9,11-13H2,1H3,(H,21,24). The van der Waals surface area contributed by atoms with E-state index in [9.17, 15) is 9.59 Å². The van der Waals surface area contributed by atoms with E-state index in [1.807, 2.05) is 31.2 Å². The summed E-state index contributed by atoms with van der Waals surface area (Å²) in [7, 11) is 0. The van der Waals surface area contributed by atoms with Crippen LogP contribution in [0.15, 0.2) is 29.4 Å². The lowest BCUT2D eigenvalue weighted by molar-refractivity contribution is -0.115. The summed E-state index contributed by atoms with van der Waals surface area (Å²) >= 11 is 0. The first-order valence-corrected chi connectivity index (χ1v) is 9.55. The zero-order valence-corrected chi connectivity index (χ0v) is 15.6. The summed E-state index contributed by atoms with van der Waals surface area (Å²) in [6.07, 6.45) is 3.22. The third-order valence-corrected chi connectivity index (χ3v) is 5.48. The Bertz CT molecular complexity index is 772. The van der Waals surface area contributed by atoms with Crippen LogP contribution in [-0.4, -0.2) is 60.4 Å². The Labute approximate surface area is 158 Å². The molecule has 3 aliphatic rings. The number of hydrogen-bond acceptors (Lipinski definition) is 5. The summed E-state index contributed by atoms with van der Waals surface area (Å²) in [4.78, 5) is 32.5. The fourth-order valence-corrected chi connectivity index (χ4v) is 3.95. The number of aryl methyl sites for hydroxylation is 1. The van der Waals surface area contributed by atoms with E-state index in [0.29, 0.717) is 43.8 Å². The predicted molar refractivity (Wildman–Crippen MR) is 99.6 cm³/mol. The van der Waals surface area contributed by atoms with Crippen molar-refractivity contribution < 1.29 is 19.2 Å². The van der Waals surface area contributed by atoms with Gasteiger partial charge >= 0.3 is 0 Å². The van der Waals surface area contributed by atoms with Crippen LogP contribution in [0.5, 0.6) is 0 Å². The van der Waals surface area contributed by atoms with E-state index in [4.69, 9.17) is 9.57 Å². The molecule has 144 valence electrons. The first-order valence-electron chi connectivity index (χ1n) is 9.55. The van der Waals surface area contributed by atoms with Gasteiger partial charge in [-0.05, 0) is 31.9 Å². The lowest BCUT2D eigenvalue weighted by atomic mass is 9.96. The monoisotopic (exact) mass is 371 g/mol. The number of carbonyl (C=O) groups is 2. The maximum absolute atomic E-state index is 12.7. The average molecular weight is 371 g/mol. The molecule has 2 unspecified atom stereocenters. The van der Waals surface area contributed by atoms with E-state index in [0.717, 1.165) is 25.0 Å². The van der Waals surface area contributed by atoms with Crippen LogP contribution >= 0.6 is 0 Å². The van der Waals surface area contributed by atoms with Crippen LogP contribution in [0.3, 0.4) is 0 Å². The number of ether oxygens (including phenoxy) is 1. The summed E-state index contributed by atoms with van der Waals surface area (Å²) < 4.78 is 5.52. The number of nitrogens with one attached hydrogen (secondary N) is 1. The Balaban J connectivity index is 1.32. The zero-order chi connectivity index (χ0) is 18.9. The summed E-state index contributed by atoms with van der Waals surface area (Å²) in [6.45, 7) is 4.29. The van der Waals surface area contributed by atoms with E-state index < -0.39 is 5.60 Å². The second kappa shape index (κ2) is 7.31. The molecule has 7 heteroatoms. The van der Waals surface area contributed by atoms with E-state index >= 15 is 0 Å². The third kappa shape index (κ3) is 3.83. The van der Waals surface area contributed by atoms with Crippen LogP contribution < -0.4 is 5.32 Å². The van der Waals surface area contributed by atoms with E-state index in [1.54, 1.807) is 4.90 Å². The molecule has 3 aliphatic heterocycles. The van der Waals surface area contributed by atoms with Gasteiger partial charge in [-0.2, -0.15) is 0 Å².